The van der Waals surface area contributed by atoms with E-state index in [0.717, 1.165) is 21.5 Å². The molecule has 3 nitrogen and oxygen atoms in total. The highest BCUT2D eigenvalue weighted by atomic mass is 79.9. The van der Waals surface area contributed by atoms with Gasteiger partial charge in [0.1, 0.15) is 0 Å². The van der Waals surface area contributed by atoms with Crippen molar-refractivity contribution in [1.82, 2.24) is 9.78 Å². The Morgan fingerprint density at radius 3 is 2.81 bits per heavy atom. The number of aromatic nitrogens is 2. The van der Waals surface area contributed by atoms with Crippen LogP contribution >= 0.6 is 27.3 Å². The zero-order valence-electron chi connectivity index (χ0n) is 9.27. The van der Waals surface area contributed by atoms with Crippen molar-refractivity contribution in [3.63, 3.8) is 0 Å². The van der Waals surface area contributed by atoms with E-state index >= 15 is 0 Å². The van der Waals surface area contributed by atoms with Gasteiger partial charge in [-0.05, 0) is 35.0 Å². The van der Waals surface area contributed by atoms with E-state index in [1.165, 1.54) is 4.88 Å². The maximum Gasteiger partial charge on any atom is 0.0701 e. The number of hydrogen-bond donors (Lipinski definition) is 1. The van der Waals surface area contributed by atoms with E-state index in [1.54, 1.807) is 11.3 Å². The summed E-state index contributed by atoms with van der Waals surface area (Å²) in [6.07, 6.45) is 2.87. The van der Waals surface area contributed by atoms with Crippen LogP contribution in [-0.4, -0.2) is 9.78 Å². The zero-order valence-corrected chi connectivity index (χ0v) is 11.7. The highest BCUT2D eigenvalue weighted by Crippen LogP contribution is 2.26. The van der Waals surface area contributed by atoms with Crippen molar-refractivity contribution < 1.29 is 0 Å². The molecule has 0 aliphatic rings. The normalized spacial score (nSPS) is 13.0. The maximum absolute atomic E-state index is 6.19. The molecule has 2 heterocycles. The first-order chi connectivity index (χ1) is 7.56. The Balaban J connectivity index is 2.14. The fourth-order valence-corrected chi connectivity index (χ4v) is 3.31. The van der Waals surface area contributed by atoms with Crippen molar-refractivity contribution in [2.24, 2.45) is 12.8 Å². The topological polar surface area (TPSA) is 43.8 Å². The Morgan fingerprint density at radius 2 is 2.31 bits per heavy atom. The number of thiophene rings is 1. The third-order valence-corrected chi connectivity index (χ3v) is 4.15. The molecule has 2 rings (SSSR count). The van der Waals surface area contributed by atoms with Crippen LogP contribution < -0.4 is 5.73 Å². The van der Waals surface area contributed by atoms with E-state index in [2.05, 4.69) is 33.2 Å². The number of nitrogens with zero attached hydrogens (tertiary/aromatic N) is 2. The van der Waals surface area contributed by atoms with Gasteiger partial charge in [0.15, 0.2) is 0 Å². The Bertz CT molecular complexity index is 489. The summed E-state index contributed by atoms with van der Waals surface area (Å²) in [4.78, 5) is 1.29. The van der Waals surface area contributed by atoms with Gasteiger partial charge in [-0.15, -0.1) is 11.3 Å². The summed E-state index contributed by atoms with van der Waals surface area (Å²) >= 11 is 5.19. The van der Waals surface area contributed by atoms with Crippen LogP contribution in [-0.2, 0) is 13.5 Å². The SMILES string of the molecule is Cc1nn(C)cc1C(N)Cc1ccc(Br)s1. The second kappa shape index (κ2) is 4.69. The molecule has 0 aliphatic heterocycles. The molecule has 2 N–H and O–H groups in total. The summed E-state index contributed by atoms with van der Waals surface area (Å²) in [6, 6.07) is 4.20. The minimum Gasteiger partial charge on any atom is -0.324 e. The van der Waals surface area contributed by atoms with E-state index in [4.69, 9.17) is 5.73 Å². The summed E-state index contributed by atoms with van der Waals surface area (Å²) in [5.41, 5.74) is 8.34. The Morgan fingerprint density at radius 1 is 1.56 bits per heavy atom. The van der Waals surface area contributed by atoms with E-state index in [1.807, 2.05) is 24.9 Å². The van der Waals surface area contributed by atoms with Gasteiger partial charge in [0.05, 0.1) is 9.48 Å². The number of hydrogen-bond acceptors (Lipinski definition) is 3. The van der Waals surface area contributed by atoms with Crippen LogP contribution in [0, 0.1) is 6.92 Å². The van der Waals surface area contributed by atoms with Gasteiger partial charge in [0.2, 0.25) is 0 Å². The summed E-state index contributed by atoms with van der Waals surface area (Å²) in [5, 5.41) is 4.31. The van der Waals surface area contributed by atoms with Crippen molar-refractivity contribution in [1.29, 1.82) is 0 Å². The molecule has 0 saturated heterocycles. The van der Waals surface area contributed by atoms with E-state index in [-0.39, 0.29) is 6.04 Å². The van der Waals surface area contributed by atoms with Gasteiger partial charge in [0.25, 0.3) is 0 Å². The van der Waals surface area contributed by atoms with E-state index in [9.17, 15) is 0 Å². The molecule has 0 amide bonds. The lowest BCUT2D eigenvalue weighted by molar-refractivity contribution is 0.722. The summed E-state index contributed by atoms with van der Waals surface area (Å²) in [6.45, 7) is 2.00. The number of halogens is 1. The average molecular weight is 300 g/mol. The van der Waals surface area contributed by atoms with Crippen molar-refractivity contribution >= 4 is 27.3 Å². The lowest BCUT2D eigenvalue weighted by atomic mass is 10.1. The smallest absolute Gasteiger partial charge is 0.0701 e. The molecule has 16 heavy (non-hydrogen) atoms. The Hall–Kier alpha value is -0.650. The molecule has 0 bridgehead atoms. The summed E-state index contributed by atoms with van der Waals surface area (Å²) < 4.78 is 2.96. The van der Waals surface area contributed by atoms with Crippen molar-refractivity contribution in [3.05, 3.63) is 38.3 Å². The van der Waals surface area contributed by atoms with E-state index < -0.39 is 0 Å². The monoisotopic (exact) mass is 299 g/mol. The van der Waals surface area contributed by atoms with Crippen molar-refractivity contribution in [2.75, 3.05) is 0 Å². The predicted octanol–water partition coefficient (Wildman–Crippen LogP) is 2.80. The summed E-state index contributed by atoms with van der Waals surface area (Å²) in [7, 11) is 1.92. The highest BCUT2D eigenvalue weighted by Gasteiger charge is 2.13. The molecule has 86 valence electrons. The molecular weight excluding hydrogens is 286 g/mol. The standard InChI is InChI=1S/C11H14BrN3S/c1-7-9(6-15(2)14-7)10(13)5-8-3-4-11(12)16-8/h3-4,6,10H,5,13H2,1-2H3. The lowest BCUT2D eigenvalue weighted by Gasteiger charge is -2.08. The number of rotatable bonds is 3. The van der Waals surface area contributed by atoms with Crippen LogP contribution in [0.25, 0.3) is 0 Å². The molecular formula is C11H14BrN3S. The van der Waals surface area contributed by atoms with E-state index in [0.29, 0.717) is 0 Å². The largest absolute Gasteiger partial charge is 0.324 e. The minimum atomic E-state index is 0.0271. The van der Waals surface area contributed by atoms with Gasteiger partial charge in [0, 0.05) is 36.1 Å². The van der Waals surface area contributed by atoms with Crippen molar-refractivity contribution in [2.45, 2.75) is 19.4 Å². The molecule has 0 fully saturated rings. The Labute approximate surface area is 107 Å². The molecule has 0 radical (unpaired) electrons. The minimum absolute atomic E-state index is 0.0271. The first kappa shape index (κ1) is 11.8. The van der Waals surface area contributed by atoms with Gasteiger partial charge in [-0.25, -0.2) is 0 Å². The highest BCUT2D eigenvalue weighted by molar-refractivity contribution is 9.11. The van der Waals surface area contributed by atoms with Gasteiger partial charge >= 0.3 is 0 Å². The Kier molecular flexibility index (Phi) is 3.47. The zero-order chi connectivity index (χ0) is 11.7. The predicted molar refractivity (Wildman–Crippen MR) is 70.6 cm³/mol. The second-order valence-electron chi connectivity index (χ2n) is 3.86. The molecule has 1 atom stereocenters. The molecule has 2 aromatic heterocycles. The average Bonchev–Trinajstić information content (AvgIpc) is 2.73. The van der Waals surface area contributed by atoms with Gasteiger partial charge < -0.3 is 5.73 Å². The molecule has 0 aliphatic carbocycles. The van der Waals surface area contributed by atoms with Crippen LogP contribution in [0.4, 0.5) is 0 Å². The molecule has 0 aromatic carbocycles. The third kappa shape index (κ3) is 2.53. The molecule has 0 spiro atoms. The summed E-state index contributed by atoms with van der Waals surface area (Å²) in [5.74, 6) is 0. The quantitative estimate of drug-likeness (QED) is 0.947. The van der Waals surface area contributed by atoms with Crippen LogP contribution in [0.15, 0.2) is 22.1 Å². The molecule has 0 saturated carbocycles. The first-order valence-electron chi connectivity index (χ1n) is 5.06. The van der Waals surface area contributed by atoms with Crippen molar-refractivity contribution in [3.8, 4) is 0 Å². The fourth-order valence-electron chi connectivity index (χ4n) is 1.77. The lowest BCUT2D eigenvalue weighted by Crippen LogP contribution is -2.13. The molecule has 5 heteroatoms. The molecule has 2 aromatic rings. The number of nitrogens with two attached hydrogens (primary N) is 1. The maximum atomic E-state index is 6.19. The van der Waals surface area contributed by atoms with Crippen LogP contribution in [0.3, 0.4) is 0 Å². The van der Waals surface area contributed by atoms with Crippen LogP contribution in [0.5, 0.6) is 0 Å². The first-order valence-corrected chi connectivity index (χ1v) is 6.67. The number of aryl methyl sites for hydroxylation is 2. The fraction of sp³-hybridized carbons (Fsp3) is 0.364. The van der Waals surface area contributed by atoms with Crippen LogP contribution in [0.2, 0.25) is 0 Å². The van der Waals surface area contributed by atoms with Gasteiger partial charge in [-0.2, -0.15) is 5.10 Å². The van der Waals surface area contributed by atoms with Gasteiger partial charge in [-0.3, -0.25) is 4.68 Å². The third-order valence-electron chi connectivity index (χ3n) is 2.50. The molecule has 1 unspecified atom stereocenters. The van der Waals surface area contributed by atoms with Gasteiger partial charge in [-0.1, -0.05) is 0 Å². The van der Waals surface area contributed by atoms with Crippen LogP contribution in [0.1, 0.15) is 22.2 Å². The second-order valence-corrected chi connectivity index (χ2v) is 6.41.